The Balaban J connectivity index is 1.91. The maximum Gasteiger partial charge on any atom is 0.271 e. The van der Waals surface area contributed by atoms with Crippen LogP contribution in [0.4, 0.5) is 4.39 Å². The number of hydrogen-bond donors (Lipinski definition) is 0. The van der Waals surface area contributed by atoms with Crippen molar-refractivity contribution in [2.45, 2.75) is 27.2 Å². The average molecular weight is 485 g/mol. The van der Waals surface area contributed by atoms with Gasteiger partial charge in [0, 0.05) is 29.4 Å². The summed E-state index contributed by atoms with van der Waals surface area (Å²) in [5.41, 5.74) is 2.69. The van der Waals surface area contributed by atoms with E-state index in [0.29, 0.717) is 35.4 Å². The molecule has 0 aliphatic carbocycles. The van der Waals surface area contributed by atoms with Crippen LogP contribution in [0.2, 0.25) is 0 Å². The molecule has 1 aliphatic heterocycles. The largest absolute Gasteiger partial charge is 0.491 e. The van der Waals surface area contributed by atoms with Crippen molar-refractivity contribution in [3.05, 3.63) is 82.8 Å². The molecule has 0 fully saturated rings. The summed E-state index contributed by atoms with van der Waals surface area (Å²) < 4.78 is 21.7. The second kappa shape index (κ2) is 10.4. The van der Waals surface area contributed by atoms with Crippen LogP contribution in [0.5, 0.6) is 5.75 Å². The molecule has 7 nitrogen and oxygen atoms in total. The Hall–Kier alpha value is -4.51. The lowest BCUT2D eigenvalue weighted by molar-refractivity contribution is -0.140. The molecule has 182 valence electrons. The van der Waals surface area contributed by atoms with Crippen LogP contribution in [-0.4, -0.2) is 39.6 Å². The van der Waals surface area contributed by atoms with Gasteiger partial charge in [-0.1, -0.05) is 25.1 Å². The van der Waals surface area contributed by atoms with Crippen LogP contribution in [0.25, 0.3) is 23.0 Å². The molecule has 2 amide bonds. The van der Waals surface area contributed by atoms with Crippen LogP contribution >= 0.6 is 0 Å². The molecule has 0 radical (unpaired) electrons. The third kappa shape index (κ3) is 4.56. The van der Waals surface area contributed by atoms with Gasteiger partial charge < -0.3 is 4.74 Å². The van der Waals surface area contributed by atoms with E-state index >= 15 is 0 Å². The highest BCUT2D eigenvalue weighted by molar-refractivity contribution is 6.19. The number of halogens is 1. The minimum atomic E-state index is -0.590. The SMILES string of the molecule is CCCN1C(=O)C(C#N)=C(C)/C(=C\c2cn(-c3ccccc3)nc2-c2ccc(OCC)c(F)c2)C1=O. The van der Waals surface area contributed by atoms with E-state index in [0.717, 1.165) is 10.6 Å². The highest BCUT2D eigenvalue weighted by atomic mass is 19.1. The van der Waals surface area contributed by atoms with E-state index in [1.807, 2.05) is 43.3 Å². The molecular formula is C28H25FN4O3. The standard InChI is InChI=1S/C28H25FN4O3/c1-4-13-32-27(34)22(18(3)23(16-30)28(32)35)14-20-17-33(21-9-7-6-8-10-21)31-26(20)19-11-12-25(36-5-2)24(29)15-19/h6-12,14-15,17H,4-5,13H2,1-3H3/b22-14+. The number of nitriles is 1. The molecule has 0 spiro atoms. The third-order valence-electron chi connectivity index (χ3n) is 5.84. The molecule has 1 aliphatic rings. The van der Waals surface area contributed by atoms with Crippen molar-refractivity contribution in [3.8, 4) is 28.8 Å². The Labute approximate surface area is 208 Å². The Kier molecular flexibility index (Phi) is 7.11. The van der Waals surface area contributed by atoms with Crippen LogP contribution < -0.4 is 4.74 Å². The molecule has 3 aromatic rings. The van der Waals surface area contributed by atoms with Gasteiger partial charge in [-0.25, -0.2) is 9.07 Å². The zero-order valence-corrected chi connectivity index (χ0v) is 20.3. The minimum Gasteiger partial charge on any atom is -0.491 e. The Bertz CT molecular complexity index is 1430. The van der Waals surface area contributed by atoms with Gasteiger partial charge in [-0.2, -0.15) is 10.4 Å². The molecule has 36 heavy (non-hydrogen) atoms. The molecule has 2 aromatic carbocycles. The predicted molar refractivity (Wildman–Crippen MR) is 133 cm³/mol. The number of rotatable bonds is 7. The van der Waals surface area contributed by atoms with Gasteiger partial charge in [0.1, 0.15) is 17.3 Å². The van der Waals surface area contributed by atoms with Crippen molar-refractivity contribution in [3.63, 3.8) is 0 Å². The summed E-state index contributed by atoms with van der Waals surface area (Å²) in [7, 11) is 0. The lowest BCUT2D eigenvalue weighted by Crippen LogP contribution is -2.43. The van der Waals surface area contributed by atoms with Crippen molar-refractivity contribution >= 4 is 17.9 Å². The van der Waals surface area contributed by atoms with Crippen LogP contribution in [-0.2, 0) is 9.59 Å². The highest BCUT2D eigenvalue weighted by Crippen LogP contribution is 2.32. The first kappa shape index (κ1) is 24.6. The van der Waals surface area contributed by atoms with Crippen molar-refractivity contribution in [1.82, 2.24) is 14.7 Å². The summed E-state index contributed by atoms with van der Waals surface area (Å²) in [6, 6.07) is 15.9. The van der Waals surface area contributed by atoms with Gasteiger partial charge in [-0.3, -0.25) is 14.5 Å². The molecule has 0 N–H and O–H groups in total. The number of amides is 2. The summed E-state index contributed by atoms with van der Waals surface area (Å²) in [5, 5.41) is 14.3. The number of carbonyl (C=O) groups excluding carboxylic acids is 2. The summed E-state index contributed by atoms with van der Waals surface area (Å²) in [6.07, 6.45) is 3.91. The van der Waals surface area contributed by atoms with Crippen molar-refractivity contribution in [2.75, 3.05) is 13.2 Å². The van der Waals surface area contributed by atoms with Crippen LogP contribution in [0.3, 0.4) is 0 Å². The van der Waals surface area contributed by atoms with E-state index in [1.54, 1.807) is 42.9 Å². The molecule has 0 bridgehead atoms. The summed E-state index contributed by atoms with van der Waals surface area (Å²) >= 11 is 0. The van der Waals surface area contributed by atoms with Crippen molar-refractivity contribution in [1.29, 1.82) is 5.26 Å². The minimum absolute atomic E-state index is 0.0709. The molecule has 0 saturated heterocycles. The number of aromatic nitrogens is 2. The lowest BCUT2D eigenvalue weighted by Gasteiger charge is -2.27. The van der Waals surface area contributed by atoms with E-state index in [9.17, 15) is 19.2 Å². The highest BCUT2D eigenvalue weighted by Gasteiger charge is 2.35. The van der Waals surface area contributed by atoms with Gasteiger partial charge in [0.05, 0.1) is 12.3 Å². The molecule has 0 atom stereocenters. The van der Waals surface area contributed by atoms with Crippen LogP contribution in [0.15, 0.2) is 71.4 Å². The van der Waals surface area contributed by atoms with E-state index in [4.69, 9.17) is 4.74 Å². The van der Waals surface area contributed by atoms with Gasteiger partial charge >= 0.3 is 0 Å². The topological polar surface area (TPSA) is 88.2 Å². The Morgan fingerprint density at radius 2 is 1.86 bits per heavy atom. The zero-order chi connectivity index (χ0) is 25.8. The molecular weight excluding hydrogens is 459 g/mol. The van der Waals surface area contributed by atoms with Gasteiger partial charge in [0.25, 0.3) is 11.8 Å². The lowest BCUT2D eigenvalue weighted by atomic mass is 9.93. The van der Waals surface area contributed by atoms with E-state index in [-0.39, 0.29) is 23.4 Å². The Morgan fingerprint density at radius 3 is 2.50 bits per heavy atom. The summed E-state index contributed by atoms with van der Waals surface area (Å²) in [6.45, 7) is 5.75. The number of ether oxygens (including phenoxy) is 1. The summed E-state index contributed by atoms with van der Waals surface area (Å²) in [5.74, 6) is -1.46. The molecule has 0 saturated carbocycles. The maximum atomic E-state index is 14.7. The molecule has 2 heterocycles. The molecule has 8 heteroatoms. The van der Waals surface area contributed by atoms with E-state index in [2.05, 4.69) is 5.10 Å². The quantitative estimate of drug-likeness (QED) is 0.345. The fraction of sp³-hybridized carbons (Fsp3) is 0.214. The smallest absolute Gasteiger partial charge is 0.271 e. The van der Waals surface area contributed by atoms with Gasteiger partial charge in [0.15, 0.2) is 11.6 Å². The van der Waals surface area contributed by atoms with Crippen LogP contribution in [0, 0.1) is 17.1 Å². The fourth-order valence-electron chi connectivity index (χ4n) is 4.06. The molecule has 1 aromatic heterocycles. The number of nitrogens with zero attached hydrogens (tertiary/aromatic N) is 4. The van der Waals surface area contributed by atoms with E-state index < -0.39 is 17.6 Å². The number of imide groups is 1. The van der Waals surface area contributed by atoms with Gasteiger partial charge in [-0.15, -0.1) is 0 Å². The average Bonchev–Trinajstić information content (AvgIpc) is 3.30. The zero-order valence-electron chi connectivity index (χ0n) is 20.3. The van der Waals surface area contributed by atoms with Crippen LogP contribution in [0.1, 0.15) is 32.8 Å². The molecule has 4 rings (SSSR count). The number of hydrogen-bond acceptors (Lipinski definition) is 5. The monoisotopic (exact) mass is 484 g/mol. The normalized spacial score (nSPS) is 15.0. The first-order valence-electron chi connectivity index (χ1n) is 11.7. The fourth-order valence-corrected chi connectivity index (χ4v) is 4.06. The first-order valence-corrected chi connectivity index (χ1v) is 11.7. The van der Waals surface area contributed by atoms with E-state index in [1.165, 1.54) is 6.07 Å². The number of benzene rings is 2. The molecule has 0 unspecified atom stereocenters. The predicted octanol–water partition coefficient (Wildman–Crippen LogP) is 5.08. The Morgan fingerprint density at radius 1 is 1.11 bits per heavy atom. The van der Waals surface area contributed by atoms with Gasteiger partial charge in [-0.05, 0) is 62.2 Å². The van der Waals surface area contributed by atoms with Crippen molar-refractivity contribution < 1.29 is 18.7 Å². The summed E-state index contributed by atoms with van der Waals surface area (Å²) in [4.78, 5) is 27.1. The first-order chi connectivity index (χ1) is 17.4. The second-order valence-electron chi connectivity index (χ2n) is 8.22. The number of para-hydroxylation sites is 1. The number of carbonyl (C=O) groups is 2. The van der Waals surface area contributed by atoms with Gasteiger partial charge in [0.2, 0.25) is 0 Å². The van der Waals surface area contributed by atoms with Crippen molar-refractivity contribution in [2.24, 2.45) is 0 Å². The maximum absolute atomic E-state index is 14.7. The second-order valence-corrected chi connectivity index (χ2v) is 8.22. The third-order valence-corrected chi connectivity index (χ3v) is 5.84.